The Labute approximate surface area is 210 Å². The van der Waals surface area contributed by atoms with E-state index < -0.39 is 12.1 Å². The van der Waals surface area contributed by atoms with E-state index in [1.165, 1.54) is 0 Å². The molecule has 0 bridgehead atoms. The van der Waals surface area contributed by atoms with Crippen LogP contribution in [0.2, 0.25) is 0 Å². The van der Waals surface area contributed by atoms with Crippen molar-refractivity contribution in [2.75, 3.05) is 6.54 Å². The molecule has 180 valence electrons. The first kappa shape index (κ1) is 23.2. The molecule has 2 amide bonds. The normalized spacial score (nSPS) is 16.8. The molecule has 2 aromatic carbocycles. The van der Waals surface area contributed by atoms with Gasteiger partial charge in [0, 0.05) is 16.6 Å². The molecule has 2 aromatic heterocycles. The first-order chi connectivity index (χ1) is 16.8. The number of rotatable bonds is 5. The van der Waals surface area contributed by atoms with Gasteiger partial charge in [0.25, 0.3) is 0 Å². The Morgan fingerprint density at radius 2 is 1.94 bits per heavy atom. The summed E-state index contributed by atoms with van der Waals surface area (Å²) in [4.78, 5) is 43.6. The molecule has 1 fully saturated rings. The number of amides is 2. The number of fused-ring (bicyclic) bond motifs is 2. The maximum atomic E-state index is 13.2. The van der Waals surface area contributed by atoms with E-state index in [1.807, 2.05) is 50.2 Å². The number of nitrogens with zero attached hydrogens (tertiary/aromatic N) is 4. The third-order valence-electron chi connectivity index (χ3n) is 6.36. The monoisotopic (exact) mass is 536 g/mol. The summed E-state index contributed by atoms with van der Waals surface area (Å²) in [6.45, 7) is 4.24. The van der Waals surface area contributed by atoms with Crippen molar-refractivity contribution in [2.24, 2.45) is 5.92 Å². The summed E-state index contributed by atoms with van der Waals surface area (Å²) < 4.78 is 0.955. The molecular formula is C25H25BrN6O3. The van der Waals surface area contributed by atoms with Crippen molar-refractivity contribution in [3.63, 3.8) is 0 Å². The SMILES string of the molecule is CC(C)[C@H](NC(=O)O)C(=O)N1CCC[C@H]1c1nc2ccc(-c3cnc4cc(Br)ccc4n3)cc2[nH]1. The van der Waals surface area contributed by atoms with Gasteiger partial charge in [0.1, 0.15) is 11.9 Å². The first-order valence-corrected chi connectivity index (χ1v) is 12.3. The van der Waals surface area contributed by atoms with E-state index in [-0.39, 0.29) is 17.9 Å². The Morgan fingerprint density at radius 1 is 1.14 bits per heavy atom. The van der Waals surface area contributed by atoms with Gasteiger partial charge in [-0.3, -0.25) is 9.78 Å². The van der Waals surface area contributed by atoms with Crippen molar-refractivity contribution in [3.8, 4) is 11.3 Å². The minimum Gasteiger partial charge on any atom is -0.465 e. The van der Waals surface area contributed by atoms with Crippen LogP contribution in [0.1, 0.15) is 38.6 Å². The van der Waals surface area contributed by atoms with Crippen LogP contribution in [-0.2, 0) is 4.79 Å². The van der Waals surface area contributed by atoms with E-state index in [1.54, 1.807) is 11.1 Å². The molecule has 5 rings (SSSR count). The Kier molecular flexibility index (Phi) is 6.14. The minimum absolute atomic E-state index is 0.165. The molecule has 10 heteroatoms. The third kappa shape index (κ3) is 4.58. The maximum absolute atomic E-state index is 13.2. The summed E-state index contributed by atoms with van der Waals surface area (Å²) in [5.41, 5.74) is 4.94. The van der Waals surface area contributed by atoms with Crippen LogP contribution < -0.4 is 5.32 Å². The number of hydrogen-bond donors (Lipinski definition) is 3. The number of aromatic amines is 1. The molecule has 3 N–H and O–H groups in total. The van der Waals surface area contributed by atoms with Crippen LogP contribution in [0.5, 0.6) is 0 Å². The molecule has 0 spiro atoms. The number of nitrogens with one attached hydrogen (secondary N) is 2. The minimum atomic E-state index is -1.20. The van der Waals surface area contributed by atoms with Gasteiger partial charge in [-0.2, -0.15) is 0 Å². The number of H-pyrrole nitrogens is 1. The van der Waals surface area contributed by atoms with Gasteiger partial charge >= 0.3 is 6.09 Å². The zero-order chi connectivity index (χ0) is 24.7. The van der Waals surface area contributed by atoms with Crippen LogP contribution in [0.15, 0.2) is 47.1 Å². The van der Waals surface area contributed by atoms with E-state index in [9.17, 15) is 14.7 Å². The molecule has 0 saturated carbocycles. The van der Waals surface area contributed by atoms with Crippen molar-refractivity contribution in [1.29, 1.82) is 0 Å². The molecule has 1 aliphatic heterocycles. The third-order valence-corrected chi connectivity index (χ3v) is 6.86. The van der Waals surface area contributed by atoms with Crippen LogP contribution in [0.25, 0.3) is 33.3 Å². The van der Waals surface area contributed by atoms with Gasteiger partial charge in [0.2, 0.25) is 5.91 Å². The van der Waals surface area contributed by atoms with E-state index >= 15 is 0 Å². The van der Waals surface area contributed by atoms with Crippen molar-refractivity contribution < 1.29 is 14.7 Å². The topological polar surface area (TPSA) is 124 Å². The number of aromatic nitrogens is 4. The van der Waals surface area contributed by atoms with Gasteiger partial charge in [-0.05, 0) is 49.1 Å². The second-order valence-electron chi connectivity index (χ2n) is 9.10. The highest BCUT2D eigenvalue weighted by Gasteiger charge is 2.37. The molecule has 4 aromatic rings. The van der Waals surface area contributed by atoms with E-state index in [2.05, 4.69) is 31.2 Å². The Balaban J connectivity index is 1.44. The molecule has 3 heterocycles. The maximum Gasteiger partial charge on any atom is 0.405 e. The van der Waals surface area contributed by atoms with Gasteiger partial charge in [-0.1, -0.05) is 35.8 Å². The average molecular weight is 537 g/mol. The lowest BCUT2D eigenvalue weighted by Gasteiger charge is -2.29. The molecule has 2 atom stereocenters. The van der Waals surface area contributed by atoms with Gasteiger partial charge in [-0.15, -0.1) is 0 Å². The second kappa shape index (κ2) is 9.26. The van der Waals surface area contributed by atoms with E-state index in [0.717, 1.165) is 50.6 Å². The van der Waals surface area contributed by atoms with Crippen LogP contribution >= 0.6 is 15.9 Å². The summed E-state index contributed by atoms with van der Waals surface area (Å²) in [6, 6.07) is 10.7. The molecule has 0 unspecified atom stereocenters. The summed E-state index contributed by atoms with van der Waals surface area (Å²) in [5.74, 6) is 0.321. The smallest absolute Gasteiger partial charge is 0.405 e. The number of halogens is 1. The summed E-state index contributed by atoms with van der Waals surface area (Å²) in [5, 5.41) is 11.6. The number of carbonyl (C=O) groups excluding carboxylic acids is 1. The highest BCUT2D eigenvalue weighted by Crippen LogP contribution is 2.33. The van der Waals surface area contributed by atoms with Gasteiger partial charge < -0.3 is 20.3 Å². The number of benzene rings is 2. The van der Waals surface area contributed by atoms with Crippen molar-refractivity contribution in [2.45, 2.75) is 38.8 Å². The zero-order valence-corrected chi connectivity index (χ0v) is 20.9. The lowest BCUT2D eigenvalue weighted by Crippen LogP contribution is -2.50. The van der Waals surface area contributed by atoms with Gasteiger partial charge in [0.15, 0.2) is 0 Å². The van der Waals surface area contributed by atoms with Crippen LogP contribution in [-0.4, -0.2) is 54.5 Å². The molecule has 0 radical (unpaired) electrons. The van der Waals surface area contributed by atoms with Gasteiger partial charge in [-0.25, -0.2) is 14.8 Å². The number of carboxylic acid groups (broad SMARTS) is 1. The van der Waals surface area contributed by atoms with Crippen molar-refractivity contribution in [1.82, 2.24) is 30.2 Å². The number of carbonyl (C=O) groups is 2. The first-order valence-electron chi connectivity index (χ1n) is 11.5. The van der Waals surface area contributed by atoms with Crippen LogP contribution in [0.4, 0.5) is 4.79 Å². The highest BCUT2D eigenvalue weighted by molar-refractivity contribution is 9.10. The largest absolute Gasteiger partial charge is 0.465 e. The fourth-order valence-electron chi connectivity index (χ4n) is 4.61. The molecule has 9 nitrogen and oxygen atoms in total. The zero-order valence-electron chi connectivity index (χ0n) is 19.3. The molecular weight excluding hydrogens is 512 g/mol. The predicted octanol–water partition coefficient (Wildman–Crippen LogP) is 4.89. The number of imidazole rings is 1. The summed E-state index contributed by atoms with van der Waals surface area (Å²) in [6.07, 6.45) is 2.15. The highest BCUT2D eigenvalue weighted by atomic mass is 79.9. The molecule has 0 aliphatic carbocycles. The molecule has 1 saturated heterocycles. The van der Waals surface area contributed by atoms with Crippen LogP contribution in [0, 0.1) is 5.92 Å². The predicted molar refractivity (Wildman–Crippen MR) is 136 cm³/mol. The van der Waals surface area contributed by atoms with Gasteiger partial charge in [0.05, 0.1) is 40.0 Å². The summed E-state index contributed by atoms with van der Waals surface area (Å²) in [7, 11) is 0. The standard InChI is InChI=1S/C25H25BrN6O3/c1-13(2)22(31-25(34)35)24(33)32-9-3-4-21(32)23-29-17-7-5-14(10-19(17)30-23)20-12-27-18-11-15(26)6-8-16(18)28-20/h5-8,10-13,21-22,31H,3-4,9H2,1-2H3,(H,29,30)(H,34,35)/t21-,22-/m0/s1. The fraction of sp³-hybridized carbons (Fsp3) is 0.320. The molecule has 1 aliphatic rings. The molecule has 35 heavy (non-hydrogen) atoms. The quantitative estimate of drug-likeness (QED) is 0.333. The lowest BCUT2D eigenvalue weighted by molar-refractivity contribution is -0.135. The van der Waals surface area contributed by atoms with Crippen molar-refractivity contribution >= 4 is 50.0 Å². The summed E-state index contributed by atoms with van der Waals surface area (Å²) >= 11 is 3.46. The van der Waals surface area contributed by atoms with Crippen LogP contribution in [0.3, 0.4) is 0 Å². The average Bonchev–Trinajstić information content (AvgIpc) is 3.48. The fourth-order valence-corrected chi connectivity index (χ4v) is 4.96. The number of hydrogen-bond acceptors (Lipinski definition) is 5. The lowest BCUT2D eigenvalue weighted by atomic mass is 10.0. The number of likely N-dealkylation sites (tertiary alicyclic amines) is 1. The van der Waals surface area contributed by atoms with E-state index in [4.69, 9.17) is 9.97 Å². The van der Waals surface area contributed by atoms with E-state index in [0.29, 0.717) is 12.4 Å². The second-order valence-corrected chi connectivity index (χ2v) is 10.0. The Bertz CT molecular complexity index is 1440. The Hall–Kier alpha value is -3.53. The Morgan fingerprint density at radius 3 is 2.71 bits per heavy atom. The van der Waals surface area contributed by atoms with Crippen molar-refractivity contribution in [3.05, 3.63) is 52.9 Å².